The van der Waals surface area contributed by atoms with Crippen molar-refractivity contribution in [1.82, 2.24) is 15.0 Å². The first kappa shape index (κ1) is 22.4. The van der Waals surface area contributed by atoms with Crippen LogP contribution < -0.4 is 9.47 Å². The minimum Gasteiger partial charge on any atom is -0.493 e. The van der Waals surface area contributed by atoms with Crippen molar-refractivity contribution in [2.24, 2.45) is 5.92 Å². The number of halogens is 1. The van der Waals surface area contributed by atoms with Crippen molar-refractivity contribution < 1.29 is 18.8 Å². The van der Waals surface area contributed by atoms with Gasteiger partial charge in [0, 0.05) is 37.8 Å². The second-order valence-corrected chi connectivity index (χ2v) is 8.43. The Morgan fingerprint density at radius 2 is 1.97 bits per heavy atom. The molecule has 1 amide bonds. The first-order valence-corrected chi connectivity index (χ1v) is 10.7. The Labute approximate surface area is 182 Å². The summed E-state index contributed by atoms with van der Waals surface area (Å²) < 4.78 is 16.6. The van der Waals surface area contributed by atoms with Crippen molar-refractivity contribution in [2.45, 2.75) is 33.7 Å². The quantitative estimate of drug-likeness (QED) is 0.623. The molecular formula is C22H30ClN3O4. The number of aromatic nitrogens is 1. The number of piperazine rings is 1. The molecular weight excluding hydrogens is 406 g/mol. The molecule has 30 heavy (non-hydrogen) atoms. The molecule has 2 aromatic rings. The number of methoxy groups -OCH3 is 1. The van der Waals surface area contributed by atoms with Gasteiger partial charge >= 0.3 is 0 Å². The monoisotopic (exact) mass is 435 g/mol. The van der Waals surface area contributed by atoms with Gasteiger partial charge in [-0.2, -0.15) is 0 Å². The average Bonchev–Trinajstić information content (AvgIpc) is 3.13. The standard InChI is InChI=1S/C22H30ClN3O4/c1-15(2)5-10-29-21-19(23)12-17(13-20(21)28-4)22(27)26-8-6-25(7-9-26)14-18-11-16(3)24-30-18/h11-13,15H,5-10,14H2,1-4H3. The van der Waals surface area contributed by atoms with Gasteiger partial charge in [-0.3, -0.25) is 9.69 Å². The third-order valence-corrected chi connectivity index (χ3v) is 5.41. The van der Waals surface area contributed by atoms with Crippen LogP contribution in [0.15, 0.2) is 22.7 Å². The zero-order chi connectivity index (χ0) is 21.7. The Kier molecular flexibility index (Phi) is 7.61. The molecule has 1 fully saturated rings. The second-order valence-electron chi connectivity index (χ2n) is 8.02. The fraction of sp³-hybridized carbons (Fsp3) is 0.545. The van der Waals surface area contributed by atoms with Gasteiger partial charge < -0.3 is 18.9 Å². The molecule has 0 bridgehead atoms. The van der Waals surface area contributed by atoms with Crippen molar-refractivity contribution in [2.75, 3.05) is 39.9 Å². The number of ether oxygens (including phenoxy) is 2. The van der Waals surface area contributed by atoms with E-state index in [0.29, 0.717) is 54.2 Å². The molecule has 0 N–H and O–H groups in total. The lowest BCUT2D eigenvalue weighted by Crippen LogP contribution is -2.48. The first-order chi connectivity index (χ1) is 14.4. The molecule has 8 heteroatoms. The molecule has 1 aromatic carbocycles. The van der Waals surface area contributed by atoms with E-state index in [9.17, 15) is 4.79 Å². The smallest absolute Gasteiger partial charge is 0.254 e. The lowest BCUT2D eigenvalue weighted by Gasteiger charge is -2.34. The third kappa shape index (κ3) is 5.67. The van der Waals surface area contributed by atoms with Crippen LogP contribution in [0.2, 0.25) is 5.02 Å². The lowest BCUT2D eigenvalue weighted by atomic mass is 10.1. The number of hydrogen-bond acceptors (Lipinski definition) is 6. The molecule has 2 heterocycles. The zero-order valence-electron chi connectivity index (χ0n) is 18.1. The van der Waals surface area contributed by atoms with Crippen LogP contribution in [-0.4, -0.2) is 60.8 Å². The Hall–Kier alpha value is -2.25. The third-order valence-electron chi connectivity index (χ3n) is 5.13. The van der Waals surface area contributed by atoms with E-state index in [0.717, 1.165) is 31.0 Å². The molecule has 0 spiro atoms. The zero-order valence-corrected chi connectivity index (χ0v) is 18.9. The number of carbonyl (C=O) groups excluding carboxylic acids is 1. The highest BCUT2D eigenvalue weighted by Gasteiger charge is 2.25. The Bertz CT molecular complexity index is 860. The number of rotatable bonds is 8. The molecule has 0 saturated carbocycles. The largest absolute Gasteiger partial charge is 0.493 e. The summed E-state index contributed by atoms with van der Waals surface area (Å²) in [4.78, 5) is 17.1. The summed E-state index contributed by atoms with van der Waals surface area (Å²) >= 11 is 6.43. The summed E-state index contributed by atoms with van der Waals surface area (Å²) in [6, 6.07) is 5.32. The summed E-state index contributed by atoms with van der Waals surface area (Å²) in [6.45, 7) is 10.2. The van der Waals surface area contributed by atoms with Gasteiger partial charge in [-0.25, -0.2) is 0 Å². The van der Waals surface area contributed by atoms with Gasteiger partial charge in [-0.1, -0.05) is 30.6 Å². The molecule has 1 saturated heterocycles. The second kappa shape index (κ2) is 10.2. The van der Waals surface area contributed by atoms with Crippen LogP contribution in [0.25, 0.3) is 0 Å². The number of aryl methyl sites for hydroxylation is 1. The van der Waals surface area contributed by atoms with Crippen LogP contribution in [-0.2, 0) is 6.54 Å². The predicted octanol–water partition coefficient (Wildman–Crippen LogP) is 4.03. The van der Waals surface area contributed by atoms with Crippen molar-refractivity contribution in [3.63, 3.8) is 0 Å². The van der Waals surface area contributed by atoms with Crippen LogP contribution in [0.1, 0.15) is 42.1 Å². The molecule has 164 valence electrons. The molecule has 1 aliphatic rings. The molecule has 7 nitrogen and oxygen atoms in total. The molecule has 1 aromatic heterocycles. The predicted molar refractivity (Wildman–Crippen MR) is 115 cm³/mol. The highest BCUT2D eigenvalue weighted by atomic mass is 35.5. The Morgan fingerprint density at radius 3 is 2.57 bits per heavy atom. The number of benzene rings is 1. The van der Waals surface area contributed by atoms with Crippen LogP contribution >= 0.6 is 11.6 Å². The van der Waals surface area contributed by atoms with Crippen molar-refractivity contribution in [3.05, 3.63) is 40.2 Å². The lowest BCUT2D eigenvalue weighted by molar-refractivity contribution is 0.0617. The maximum Gasteiger partial charge on any atom is 0.254 e. The maximum absolute atomic E-state index is 13.0. The van der Waals surface area contributed by atoms with E-state index in [2.05, 4.69) is 23.9 Å². The Balaban J connectivity index is 1.61. The summed E-state index contributed by atoms with van der Waals surface area (Å²) in [7, 11) is 1.55. The number of hydrogen-bond donors (Lipinski definition) is 0. The van der Waals surface area contributed by atoms with E-state index >= 15 is 0 Å². The Morgan fingerprint density at radius 1 is 1.23 bits per heavy atom. The highest BCUT2D eigenvalue weighted by Crippen LogP contribution is 2.37. The summed E-state index contributed by atoms with van der Waals surface area (Å²) in [5.41, 5.74) is 1.38. The fourth-order valence-corrected chi connectivity index (χ4v) is 3.65. The molecule has 0 atom stereocenters. The summed E-state index contributed by atoms with van der Waals surface area (Å²) in [5.74, 6) is 2.29. The average molecular weight is 436 g/mol. The van der Waals surface area contributed by atoms with Crippen LogP contribution in [0.5, 0.6) is 11.5 Å². The van der Waals surface area contributed by atoms with Crippen molar-refractivity contribution >= 4 is 17.5 Å². The van der Waals surface area contributed by atoms with Gasteiger partial charge in [0.25, 0.3) is 5.91 Å². The molecule has 0 radical (unpaired) electrons. The number of carbonyl (C=O) groups is 1. The van der Waals surface area contributed by atoms with Crippen molar-refractivity contribution in [3.8, 4) is 11.5 Å². The van der Waals surface area contributed by atoms with Crippen LogP contribution in [0.4, 0.5) is 0 Å². The van der Waals surface area contributed by atoms with E-state index in [1.165, 1.54) is 0 Å². The summed E-state index contributed by atoms with van der Waals surface area (Å²) in [6.07, 6.45) is 0.915. The van der Waals surface area contributed by atoms with Crippen LogP contribution in [0, 0.1) is 12.8 Å². The SMILES string of the molecule is COc1cc(C(=O)N2CCN(Cc3cc(C)no3)CC2)cc(Cl)c1OCCC(C)C. The van der Waals surface area contributed by atoms with Gasteiger partial charge in [0.05, 0.1) is 31.0 Å². The van der Waals surface area contributed by atoms with Gasteiger partial charge in [0.2, 0.25) is 0 Å². The van der Waals surface area contributed by atoms with E-state index < -0.39 is 0 Å². The minimum absolute atomic E-state index is 0.0564. The summed E-state index contributed by atoms with van der Waals surface area (Å²) in [5, 5.41) is 4.31. The van der Waals surface area contributed by atoms with E-state index in [4.69, 9.17) is 25.6 Å². The van der Waals surface area contributed by atoms with Gasteiger partial charge in [0.1, 0.15) is 0 Å². The molecule has 0 aliphatic carbocycles. The molecule has 0 unspecified atom stereocenters. The maximum atomic E-state index is 13.0. The minimum atomic E-state index is -0.0564. The van der Waals surface area contributed by atoms with E-state index in [-0.39, 0.29) is 5.91 Å². The fourth-order valence-electron chi connectivity index (χ4n) is 3.38. The first-order valence-electron chi connectivity index (χ1n) is 10.3. The number of nitrogens with zero attached hydrogens (tertiary/aromatic N) is 3. The molecule has 1 aliphatic heterocycles. The number of amides is 1. The van der Waals surface area contributed by atoms with Crippen molar-refractivity contribution in [1.29, 1.82) is 0 Å². The highest BCUT2D eigenvalue weighted by molar-refractivity contribution is 6.32. The topological polar surface area (TPSA) is 68.0 Å². The normalized spacial score (nSPS) is 14.9. The van der Waals surface area contributed by atoms with Gasteiger partial charge in [0.15, 0.2) is 17.3 Å². The van der Waals surface area contributed by atoms with Crippen LogP contribution in [0.3, 0.4) is 0 Å². The van der Waals surface area contributed by atoms with Gasteiger partial charge in [-0.05, 0) is 31.4 Å². The van der Waals surface area contributed by atoms with E-state index in [1.807, 2.05) is 17.9 Å². The van der Waals surface area contributed by atoms with Gasteiger partial charge in [-0.15, -0.1) is 0 Å². The van der Waals surface area contributed by atoms with E-state index in [1.54, 1.807) is 19.2 Å². The molecule has 3 rings (SSSR count).